The molecule has 0 aliphatic heterocycles. The van der Waals surface area contributed by atoms with E-state index in [4.69, 9.17) is 0 Å². The fourth-order valence-corrected chi connectivity index (χ4v) is 2.95. The van der Waals surface area contributed by atoms with Gasteiger partial charge in [-0.3, -0.25) is 0 Å². The van der Waals surface area contributed by atoms with Gasteiger partial charge in [0.1, 0.15) is 0 Å². The van der Waals surface area contributed by atoms with Gasteiger partial charge in [0, 0.05) is 12.6 Å². The van der Waals surface area contributed by atoms with Crippen molar-refractivity contribution in [3.8, 4) is 5.69 Å². The Morgan fingerprint density at radius 3 is 2.70 bits per heavy atom. The van der Waals surface area contributed by atoms with Crippen molar-refractivity contribution in [1.29, 1.82) is 0 Å². The molecule has 0 spiro atoms. The summed E-state index contributed by atoms with van der Waals surface area (Å²) in [4.78, 5) is 1.69. The van der Waals surface area contributed by atoms with Gasteiger partial charge in [0.25, 0.3) is 0 Å². The lowest BCUT2D eigenvalue weighted by Crippen LogP contribution is -2.32. The van der Waals surface area contributed by atoms with Crippen molar-refractivity contribution < 1.29 is 0 Å². The first-order chi connectivity index (χ1) is 9.74. The number of nitrogens with zero attached hydrogens (tertiary/aromatic N) is 3. The van der Waals surface area contributed by atoms with E-state index < -0.39 is 0 Å². The lowest BCUT2D eigenvalue weighted by Gasteiger charge is -2.18. The molecule has 1 aliphatic rings. The summed E-state index contributed by atoms with van der Waals surface area (Å²) in [6, 6.07) is 10.6. The zero-order valence-corrected chi connectivity index (χ0v) is 12.2. The Kier molecular flexibility index (Phi) is 3.83. The van der Waals surface area contributed by atoms with E-state index in [0.29, 0.717) is 6.04 Å². The van der Waals surface area contributed by atoms with Crippen LogP contribution in [0, 0.1) is 11.8 Å². The van der Waals surface area contributed by atoms with Crippen molar-refractivity contribution in [2.75, 3.05) is 0 Å². The normalized spacial score (nSPS) is 26.0. The van der Waals surface area contributed by atoms with Gasteiger partial charge in [-0.05, 0) is 36.8 Å². The molecule has 4 nitrogen and oxygen atoms in total. The number of aromatic nitrogens is 3. The van der Waals surface area contributed by atoms with E-state index in [1.807, 2.05) is 36.5 Å². The van der Waals surface area contributed by atoms with E-state index in [2.05, 4.69) is 29.4 Å². The van der Waals surface area contributed by atoms with Crippen LogP contribution >= 0.6 is 0 Å². The van der Waals surface area contributed by atoms with Gasteiger partial charge in [0.05, 0.1) is 17.6 Å². The van der Waals surface area contributed by atoms with Gasteiger partial charge in [-0.25, -0.2) is 0 Å². The van der Waals surface area contributed by atoms with Gasteiger partial charge in [-0.2, -0.15) is 15.0 Å². The maximum atomic E-state index is 4.53. The summed E-state index contributed by atoms with van der Waals surface area (Å²) in [5, 5.41) is 12.5. The van der Waals surface area contributed by atoms with Crippen LogP contribution in [0.2, 0.25) is 0 Å². The second-order valence-electron chi connectivity index (χ2n) is 5.86. The van der Waals surface area contributed by atoms with Crippen LogP contribution in [0.15, 0.2) is 36.5 Å². The van der Waals surface area contributed by atoms with Gasteiger partial charge in [-0.1, -0.05) is 32.0 Å². The summed E-state index contributed by atoms with van der Waals surface area (Å²) in [5.41, 5.74) is 2.00. The van der Waals surface area contributed by atoms with Crippen LogP contribution in [-0.2, 0) is 6.54 Å². The number of hydrogen-bond donors (Lipinski definition) is 1. The molecular formula is C16H22N4. The third-order valence-corrected chi connectivity index (χ3v) is 4.54. The molecule has 20 heavy (non-hydrogen) atoms. The predicted octanol–water partition coefficient (Wildman–Crippen LogP) is 2.79. The van der Waals surface area contributed by atoms with Gasteiger partial charge in [0.2, 0.25) is 0 Å². The lowest BCUT2D eigenvalue weighted by molar-refractivity contribution is 0.368. The van der Waals surface area contributed by atoms with Crippen LogP contribution in [0.4, 0.5) is 0 Å². The minimum absolute atomic E-state index is 0.617. The molecule has 1 aliphatic carbocycles. The molecule has 1 saturated carbocycles. The molecule has 0 radical (unpaired) electrons. The summed E-state index contributed by atoms with van der Waals surface area (Å²) in [7, 11) is 0. The minimum atomic E-state index is 0.617. The second-order valence-corrected chi connectivity index (χ2v) is 5.86. The molecular weight excluding hydrogens is 248 g/mol. The molecule has 2 aromatic rings. The number of nitrogens with one attached hydrogen (secondary N) is 1. The van der Waals surface area contributed by atoms with Crippen LogP contribution < -0.4 is 5.32 Å². The maximum absolute atomic E-state index is 4.53. The smallest absolute Gasteiger partial charge is 0.0969 e. The van der Waals surface area contributed by atoms with Gasteiger partial charge >= 0.3 is 0 Å². The van der Waals surface area contributed by atoms with E-state index in [-0.39, 0.29) is 0 Å². The zero-order valence-electron chi connectivity index (χ0n) is 12.2. The molecule has 1 N–H and O–H groups in total. The maximum Gasteiger partial charge on any atom is 0.0969 e. The first kappa shape index (κ1) is 13.3. The average Bonchev–Trinajstić information content (AvgIpc) is 3.07. The number of para-hydroxylation sites is 1. The molecule has 4 heteroatoms. The van der Waals surface area contributed by atoms with E-state index >= 15 is 0 Å². The molecule has 3 rings (SSSR count). The molecule has 1 aromatic carbocycles. The monoisotopic (exact) mass is 270 g/mol. The van der Waals surface area contributed by atoms with E-state index in [1.54, 1.807) is 4.80 Å². The SMILES string of the molecule is CC1CCC(NCc2cnn(-c3ccccc3)n2)C1C. The quantitative estimate of drug-likeness (QED) is 0.929. The third-order valence-electron chi connectivity index (χ3n) is 4.54. The fraction of sp³-hybridized carbons (Fsp3) is 0.500. The number of rotatable bonds is 4. The Morgan fingerprint density at radius 2 is 2.00 bits per heavy atom. The molecule has 0 amide bonds. The highest BCUT2D eigenvalue weighted by Crippen LogP contribution is 2.31. The molecule has 0 saturated heterocycles. The summed E-state index contributed by atoms with van der Waals surface area (Å²) < 4.78 is 0. The largest absolute Gasteiger partial charge is 0.308 e. The topological polar surface area (TPSA) is 42.7 Å². The van der Waals surface area contributed by atoms with Crippen molar-refractivity contribution in [1.82, 2.24) is 20.3 Å². The predicted molar refractivity (Wildman–Crippen MR) is 79.5 cm³/mol. The fourth-order valence-electron chi connectivity index (χ4n) is 2.95. The first-order valence-electron chi connectivity index (χ1n) is 7.44. The Labute approximate surface area is 120 Å². The van der Waals surface area contributed by atoms with E-state index in [0.717, 1.165) is 29.8 Å². The molecule has 0 bridgehead atoms. The third kappa shape index (κ3) is 2.75. The number of benzene rings is 1. The average molecular weight is 270 g/mol. The van der Waals surface area contributed by atoms with Crippen molar-refractivity contribution in [3.63, 3.8) is 0 Å². The molecule has 1 aromatic heterocycles. The Balaban J connectivity index is 1.61. The number of hydrogen-bond acceptors (Lipinski definition) is 3. The van der Waals surface area contributed by atoms with Gasteiger partial charge in [0.15, 0.2) is 0 Å². The summed E-state index contributed by atoms with van der Waals surface area (Å²) in [6.45, 7) is 5.49. The molecule has 1 heterocycles. The van der Waals surface area contributed by atoms with Crippen molar-refractivity contribution >= 4 is 0 Å². The summed E-state index contributed by atoms with van der Waals surface area (Å²) in [6.07, 6.45) is 4.45. The van der Waals surface area contributed by atoms with Crippen LogP contribution in [0.3, 0.4) is 0 Å². The van der Waals surface area contributed by atoms with Gasteiger partial charge < -0.3 is 5.32 Å². The minimum Gasteiger partial charge on any atom is -0.308 e. The highest BCUT2D eigenvalue weighted by molar-refractivity contribution is 5.28. The second kappa shape index (κ2) is 5.75. The lowest BCUT2D eigenvalue weighted by atomic mass is 9.98. The van der Waals surface area contributed by atoms with Crippen molar-refractivity contribution in [3.05, 3.63) is 42.2 Å². The molecule has 3 atom stereocenters. The van der Waals surface area contributed by atoms with Crippen LogP contribution in [0.1, 0.15) is 32.4 Å². The highest BCUT2D eigenvalue weighted by atomic mass is 15.5. The van der Waals surface area contributed by atoms with Crippen molar-refractivity contribution in [2.45, 2.75) is 39.3 Å². The van der Waals surface area contributed by atoms with Crippen LogP contribution in [-0.4, -0.2) is 21.0 Å². The van der Waals surface area contributed by atoms with Crippen LogP contribution in [0.5, 0.6) is 0 Å². The summed E-state index contributed by atoms with van der Waals surface area (Å²) >= 11 is 0. The zero-order chi connectivity index (χ0) is 13.9. The van der Waals surface area contributed by atoms with Gasteiger partial charge in [-0.15, -0.1) is 0 Å². The highest BCUT2D eigenvalue weighted by Gasteiger charge is 2.29. The molecule has 1 fully saturated rings. The summed E-state index contributed by atoms with van der Waals surface area (Å²) in [5.74, 6) is 1.58. The standard InChI is InChI=1S/C16H22N4/c1-12-8-9-16(13(12)2)17-10-14-11-18-20(19-14)15-6-4-3-5-7-15/h3-7,11-13,16-17H,8-10H2,1-2H3. The van der Waals surface area contributed by atoms with Crippen molar-refractivity contribution in [2.24, 2.45) is 11.8 Å². The molecule has 3 unspecified atom stereocenters. The Hall–Kier alpha value is -1.68. The molecule has 106 valence electrons. The Morgan fingerprint density at radius 1 is 1.20 bits per heavy atom. The van der Waals surface area contributed by atoms with E-state index in [9.17, 15) is 0 Å². The van der Waals surface area contributed by atoms with Crippen LogP contribution in [0.25, 0.3) is 5.69 Å². The Bertz CT molecular complexity index is 549. The van der Waals surface area contributed by atoms with E-state index in [1.165, 1.54) is 12.8 Å². The first-order valence-corrected chi connectivity index (χ1v) is 7.44.